The Bertz CT molecular complexity index is 1210. The maximum atomic E-state index is 13.1. The Morgan fingerprint density at radius 1 is 1.16 bits per heavy atom. The number of pyridine rings is 1. The molecule has 3 rings (SSSR count). The molecule has 0 spiro atoms. The van der Waals surface area contributed by atoms with Crippen LogP contribution in [0, 0.1) is 11.3 Å². The van der Waals surface area contributed by atoms with Gasteiger partial charge in [0, 0.05) is 56.3 Å². The van der Waals surface area contributed by atoms with Crippen molar-refractivity contribution >= 4 is 11.8 Å². The molecule has 1 unspecified atom stereocenters. The van der Waals surface area contributed by atoms with Gasteiger partial charge < -0.3 is 19.5 Å². The van der Waals surface area contributed by atoms with Gasteiger partial charge in [-0.05, 0) is 12.0 Å². The lowest BCUT2D eigenvalue weighted by atomic mass is 9.69. The maximum Gasteiger partial charge on any atom is 0.389 e. The van der Waals surface area contributed by atoms with Gasteiger partial charge in [-0.3, -0.25) is 14.4 Å². The fourth-order valence-electron chi connectivity index (χ4n) is 4.84. The Labute approximate surface area is 214 Å². The molecule has 7 nitrogen and oxygen atoms in total. The quantitative estimate of drug-likeness (QED) is 0.627. The third-order valence-electron chi connectivity index (χ3n) is 7.19. The number of hydrogen-bond donors (Lipinski definition) is 1. The fourth-order valence-corrected chi connectivity index (χ4v) is 4.84. The molecule has 2 heterocycles. The van der Waals surface area contributed by atoms with E-state index in [-0.39, 0.29) is 32.0 Å². The lowest BCUT2D eigenvalue weighted by molar-refractivity contribution is -0.169. The summed E-state index contributed by atoms with van der Waals surface area (Å²) in [6, 6.07) is 10.4. The largest absolute Gasteiger partial charge is 0.389 e. The van der Waals surface area contributed by atoms with Crippen LogP contribution in [0.15, 0.2) is 47.4 Å². The van der Waals surface area contributed by atoms with E-state index in [1.54, 1.807) is 52.2 Å². The van der Waals surface area contributed by atoms with Crippen molar-refractivity contribution in [2.45, 2.75) is 51.9 Å². The molecule has 202 valence electrons. The number of nitrogens with zero attached hydrogens (tertiary/aromatic N) is 3. The molecule has 0 saturated carbocycles. The Morgan fingerprint density at radius 3 is 2.32 bits per heavy atom. The van der Waals surface area contributed by atoms with Crippen LogP contribution < -0.4 is 5.56 Å². The maximum absolute atomic E-state index is 13.1. The van der Waals surface area contributed by atoms with E-state index in [1.807, 2.05) is 6.07 Å². The molecule has 1 fully saturated rings. The number of alkyl halides is 3. The second kappa shape index (κ2) is 10.3. The van der Waals surface area contributed by atoms with Gasteiger partial charge in [-0.1, -0.05) is 51.1 Å². The minimum absolute atomic E-state index is 0.0326. The number of aromatic nitrogens is 1. The molecule has 1 N–H and O–H groups in total. The van der Waals surface area contributed by atoms with Gasteiger partial charge in [0.05, 0.1) is 24.1 Å². The van der Waals surface area contributed by atoms with Crippen molar-refractivity contribution in [1.82, 2.24) is 14.4 Å². The summed E-state index contributed by atoms with van der Waals surface area (Å²) in [6.07, 6.45) is -4.15. The summed E-state index contributed by atoms with van der Waals surface area (Å²) in [5.74, 6) is -2.15. The van der Waals surface area contributed by atoms with Crippen molar-refractivity contribution in [2.24, 2.45) is 11.3 Å². The van der Waals surface area contributed by atoms with Crippen LogP contribution in [0.5, 0.6) is 0 Å². The first-order valence-electron chi connectivity index (χ1n) is 12.1. The number of piperidine rings is 1. The first kappa shape index (κ1) is 28.4. The summed E-state index contributed by atoms with van der Waals surface area (Å²) in [7, 11) is 3.21. The highest BCUT2D eigenvalue weighted by molar-refractivity contribution is 6.00. The van der Waals surface area contributed by atoms with Crippen LogP contribution in [-0.2, 0) is 11.3 Å². The molecular weight excluding hydrogens is 487 g/mol. The molecule has 1 aromatic carbocycles. The summed E-state index contributed by atoms with van der Waals surface area (Å²) in [5.41, 5.74) is -1.32. The van der Waals surface area contributed by atoms with Crippen LogP contribution in [0.4, 0.5) is 13.2 Å². The van der Waals surface area contributed by atoms with Crippen LogP contribution in [0.25, 0.3) is 11.1 Å². The Balaban J connectivity index is 1.91. The van der Waals surface area contributed by atoms with Crippen LogP contribution in [0.2, 0.25) is 0 Å². The van der Waals surface area contributed by atoms with Gasteiger partial charge in [-0.25, -0.2) is 0 Å². The topological polar surface area (TPSA) is 82.8 Å². The number of carbonyl (C=O) groups excluding carboxylic acids is 2. The molecule has 1 aliphatic heterocycles. The van der Waals surface area contributed by atoms with Crippen molar-refractivity contribution in [2.75, 3.05) is 27.2 Å². The number of aliphatic hydroxyl groups is 1. The Kier molecular flexibility index (Phi) is 7.93. The van der Waals surface area contributed by atoms with Gasteiger partial charge in [0.1, 0.15) is 0 Å². The van der Waals surface area contributed by atoms with Crippen molar-refractivity contribution in [3.63, 3.8) is 0 Å². The van der Waals surface area contributed by atoms with Gasteiger partial charge in [0.25, 0.3) is 11.5 Å². The highest BCUT2D eigenvalue weighted by Gasteiger charge is 2.49. The second-order valence-corrected chi connectivity index (χ2v) is 10.8. The number of amides is 2. The minimum atomic E-state index is -4.45. The third kappa shape index (κ3) is 6.23. The predicted molar refractivity (Wildman–Crippen MR) is 134 cm³/mol. The van der Waals surface area contributed by atoms with E-state index in [0.717, 1.165) is 0 Å². The third-order valence-corrected chi connectivity index (χ3v) is 7.19. The van der Waals surface area contributed by atoms with Gasteiger partial charge in [0.2, 0.25) is 5.91 Å². The molecule has 10 heteroatoms. The average Bonchev–Trinajstić information content (AvgIpc) is 2.80. The zero-order valence-electron chi connectivity index (χ0n) is 21.8. The van der Waals surface area contributed by atoms with E-state index in [4.69, 9.17) is 0 Å². The number of carbonyl (C=O) groups is 2. The van der Waals surface area contributed by atoms with Crippen molar-refractivity contribution in [3.8, 4) is 11.1 Å². The number of halogens is 3. The summed E-state index contributed by atoms with van der Waals surface area (Å²) < 4.78 is 39.7. The van der Waals surface area contributed by atoms with E-state index < -0.39 is 41.0 Å². The lowest BCUT2D eigenvalue weighted by Gasteiger charge is -2.50. The highest BCUT2D eigenvalue weighted by atomic mass is 19.4. The molecule has 2 amide bonds. The first-order valence-corrected chi connectivity index (χ1v) is 12.1. The highest BCUT2D eigenvalue weighted by Crippen LogP contribution is 2.41. The molecule has 1 saturated heterocycles. The van der Waals surface area contributed by atoms with E-state index in [9.17, 15) is 32.7 Å². The second-order valence-electron chi connectivity index (χ2n) is 10.8. The number of likely N-dealkylation sites (tertiary alicyclic amines) is 1. The molecule has 37 heavy (non-hydrogen) atoms. The van der Waals surface area contributed by atoms with Gasteiger partial charge in [-0.15, -0.1) is 0 Å². The molecular formula is C27H34F3N3O4. The molecule has 0 radical (unpaired) electrons. The molecule has 1 aliphatic rings. The smallest absolute Gasteiger partial charge is 0.387 e. The van der Waals surface area contributed by atoms with Crippen LogP contribution >= 0.6 is 0 Å². The molecule has 0 bridgehead atoms. The standard InChI is InChI=1S/C27H34F3N3O4/c1-18(14-27(28,29)30)23(35)32-12-11-26(37,25(2,3)16-32)17-33-15-21(24(36)31(4)5)20(13-22(33)34)19-9-7-6-8-10-19/h6-10,13,15,18,37H,11-12,14,16-17H2,1-5H3/t18?,26-/m0/s1. The molecule has 0 aliphatic carbocycles. The summed E-state index contributed by atoms with van der Waals surface area (Å²) >= 11 is 0. The molecule has 2 aromatic rings. The zero-order chi connectivity index (χ0) is 27.8. The van der Waals surface area contributed by atoms with E-state index in [1.165, 1.54) is 33.6 Å². The Morgan fingerprint density at radius 2 is 1.78 bits per heavy atom. The monoisotopic (exact) mass is 521 g/mol. The number of hydrogen-bond acceptors (Lipinski definition) is 4. The van der Waals surface area contributed by atoms with Gasteiger partial charge in [-0.2, -0.15) is 13.2 Å². The predicted octanol–water partition coefficient (Wildman–Crippen LogP) is 3.80. The molecule has 1 aromatic heterocycles. The summed E-state index contributed by atoms with van der Waals surface area (Å²) in [6.45, 7) is 4.64. The lowest BCUT2D eigenvalue weighted by Crippen LogP contribution is -2.61. The van der Waals surface area contributed by atoms with Gasteiger partial charge in [0.15, 0.2) is 0 Å². The van der Waals surface area contributed by atoms with E-state index in [0.29, 0.717) is 16.7 Å². The summed E-state index contributed by atoms with van der Waals surface area (Å²) in [5, 5.41) is 11.7. The van der Waals surface area contributed by atoms with Crippen molar-refractivity contribution in [3.05, 3.63) is 58.5 Å². The Hall–Kier alpha value is -3.14. The molecule has 2 atom stereocenters. The normalized spacial score (nSPS) is 20.4. The van der Waals surface area contributed by atoms with Gasteiger partial charge >= 0.3 is 6.18 Å². The average molecular weight is 522 g/mol. The van der Waals surface area contributed by atoms with Crippen LogP contribution in [-0.4, -0.2) is 70.3 Å². The van der Waals surface area contributed by atoms with Crippen LogP contribution in [0.3, 0.4) is 0 Å². The van der Waals surface area contributed by atoms with E-state index >= 15 is 0 Å². The fraction of sp³-hybridized carbons (Fsp3) is 0.519. The minimum Gasteiger partial charge on any atom is -0.387 e. The zero-order valence-corrected chi connectivity index (χ0v) is 21.8. The van der Waals surface area contributed by atoms with Crippen molar-refractivity contribution < 1.29 is 27.9 Å². The number of benzene rings is 1. The van der Waals surface area contributed by atoms with Crippen molar-refractivity contribution in [1.29, 1.82) is 0 Å². The SMILES string of the molecule is CC(CC(F)(F)F)C(=O)N1CC[C@](O)(Cn2cc(C(=O)N(C)C)c(-c3ccccc3)cc2=O)C(C)(C)C1. The van der Waals surface area contributed by atoms with E-state index in [2.05, 4.69) is 0 Å². The summed E-state index contributed by atoms with van der Waals surface area (Å²) in [4.78, 5) is 41.6. The van der Waals surface area contributed by atoms with Crippen LogP contribution in [0.1, 0.15) is 44.0 Å². The first-order chi connectivity index (χ1) is 17.0. The number of rotatable bonds is 6.